The van der Waals surface area contributed by atoms with Crippen molar-refractivity contribution < 1.29 is 13.2 Å². The van der Waals surface area contributed by atoms with Gasteiger partial charge in [-0.15, -0.1) is 12.4 Å². The average Bonchev–Trinajstić information content (AvgIpc) is 3.40. The number of carbonyl (C=O) groups excluding carboxylic acids is 1. The molecule has 6 nitrogen and oxygen atoms in total. The van der Waals surface area contributed by atoms with E-state index < -0.39 is 10.0 Å². The second-order valence-corrected chi connectivity index (χ2v) is 8.90. The smallest absolute Gasteiger partial charge is 0.220 e. The van der Waals surface area contributed by atoms with E-state index in [-0.39, 0.29) is 29.6 Å². The first-order valence-corrected chi connectivity index (χ1v) is 10.1. The van der Waals surface area contributed by atoms with Crippen LogP contribution in [0.25, 0.3) is 0 Å². The largest absolute Gasteiger partial charge is 0.399 e. The van der Waals surface area contributed by atoms with Crippen LogP contribution in [0.3, 0.4) is 0 Å². The molecule has 1 saturated carbocycles. The van der Waals surface area contributed by atoms with E-state index in [4.69, 9.17) is 5.73 Å². The van der Waals surface area contributed by atoms with E-state index in [1.54, 1.807) is 4.31 Å². The first kappa shape index (κ1) is 20.0. The highest BCUT2D eigenvalue weighted by atomic mass is 35.5. The number of aryl methyl sites for hydroxylation is 1. The van der Waals surface area contributed by atoms with Crippen molar-refractivity contribution in [3.8, 4) is 0 Å². The molecule has 1 aliphatic heterocycles. The summed E-state index contributed by atoms with van der Waals surface area (Å²) in [6.45, 7) is 1.02. The molecule has 0 radical (unpaired) electrons. The molecule has 3 rings (SSSR count). The van der Waals surface area contributed by atoms with Crippen molar-refractivity contribution >= 4 is 34.0 Å². The van der Waals surface area contributed by atoms with Crippen LogP contribution in [0.2, 0.25) is 0 Å². The van der Waals surface area contributed by atoms with Crippen molar-refractivity contribution in [2.24, 2.45) is 0 Å². The molecule has 1 aromatic rings. The molecule has 1 saturated heterocycles. The number of anilines is 1. The number of para-hydroxylation sites is 1. The van der Waals surface area contributed by atoms with Crippen LogP contribution in [0.4, 0.5) is 5.69 Å². The van der Waals surface area contributed by atoms with Crippen molar-refractivity contribution in [1.29, 1.82) is 0 Å². The molecule has 1 aromatic carbocycles. The Morgan fingerprint density at radius 1 is 1.16 bits per heavy atom. The number of rotatable bonds is 6. The van der Waals surface area contributed by atoms with Crippen molar-refractivity contribution in [1.82, 2.24) is 9.62 Å². The topological polar surface area (TPSA) is 92.5 Å². The first-order chi connectivity index (χ1) is 11.5. The maximum Gasteiger partial charge on any atom is 0.220 e. The van der Waals surface area contributed by atoms with Gasteiger partial charge in [0.2, 0.25) is 15.9 Å². The van der Waals surface area contributed by atoms with E-state index >= 15 is 0 Å². The van der Waals surface area contributed by atoms with Gasteiger partial charge in [-0.05, 0) is 43.7 Å². The lowest BCUT2D eigenvalue weighted by molar-refractivity contribution is -0.122. The Morgan fingerprint density at radius 3 is 2.40 bits per heavy atom. The van der Waals surface area contributed by atoms with Crippen LogP contribution in [-0.4, -0.2) is 43.0 Å². The number of nitrogens with two attached hydrogens (primary N) is 1. The van der Waals surface area contributed by atoms with Gasteiger partial charge in [0, 0.05) is 31.2 Å². The Morgan fingerprint density at radius 2 is 1.80 bits per heavy atom. The highest BCUT2D eigenvalue weighted by molar-refractivity contribution is 7.90. The summed E-state index contributed by atoms with van der Waals surface area (Å²) in [7, 11) is -3.09. The number of carbonyl (C=O) groups is 1. The Labute approximate surface area is 155 Å². The second-order valence-electron chi connectivity index (χ2n) is 6.68. The number of hydrogen-bond acceptors (Lipinski definition) is 4. The predicted octanol–water partition coefficient (Wildman–Crippen LogP) is 1.70. The third-order valence-electron chi connectivity index (χ3n) is 4.80. The Bertz CT molecular complexity index is 699. The molecule has 0 unspecified atom stereocenters. The van der Waals surface area contributed by atoms with Crippen molar-refractivity contribution in [3.63, 3.8) is 0 Å². The van der Waals surface area contributed by atoms with Crippen LogP contribution in [0.5, 0.6) is 0 Å². The normalized spacial score (nSPS) is 19.2. The van der Waals surface area contributed by atoms with E-state index in [9.17, 15) is 13.2 Å². The van der Waals surface area contributed by atoms with Gasteiger partial charge in [0.25, 0.3) is 0 Å². The zero-order valence-corrected chi connectivity index (χ0v) is 15.8. The third kappa shape index (κ3) is 5.09. The van der Waals surface area contributed by atoms with E-state index in [0.29, 0.717) is 44.5 Å². The third-order valence-corrected chi connectivity index (χ3v) is 7.20. The molecule has 1 aliphatic carbocycles. The quantitative estimate of drug-likeness (QED) is 0.726. The summed E-state index contributed by atoms with van der Waals surface area (Å²) in [6, 6.07) is 7.63. The minimum atomic E-state index is -3.09. The molecule has 2 aliphatic rings. The predicted molar refractivity (Wildman–Crippen MR) is 101 cm³/mol. The summed E-state index contributed by atoms with van der Waals surface area (Å²) in [5, 5.41) is 2.87. The number of nitrogens with one attached hydrogen (secondary N) is 1. The molecular formula is C17H26ClN3O3S. The highest BCUT2D eigenvalue weighted by Crippen LogP contribution is 2.32. The van der Waals surface area contributed by atoms with Gasteiger partial charge in [-0.1, -0.05) is 18.2 Å². The monoisotopic (exact) mass is 387 g/mol. The number of halogens is 1. The molecule has 0 bridgehead atoms. The number of benzene rings is 1. The van der Waals surface area contributed by atoms with Gasteiger partial charge in [-0.3, -0.25) is 4.79 Å². The van der Waals surface area contributed by atoms with Crippen LogP contribution >= 0.6 is 12.4 Å². The lowest BCUT2D eigenvalue weighted by Crippen LogP contribution is -2.47. The maximum absolute atomic E-state index is 12.2. The number of hydrogen-bond donors (Lipinski definition) is 2. The van der Waals surface area contributed by atoms with Crippen LogP contribution in [-0.2, 0) is 21.2 Å². The molecule has 0 aromatic heterocycles. The molecule has 3 N–H and O–H groups in total. The standard InChI is InChI=1S/C17H25N3O3S.ClH/c18-16-4-2-1-3-13(16)5-8-17(21)19-14-9-11-20(12-10-14)24(22,23)15-6-7-15;/h1-4,14-15H,5-12,18H2,(H,19,21);1H. The fourth-order valence-corrected chi connectivity index (χ4v) is 5.01. The van der Waals surface area contributed by atoms with Gasteiger partial charge in [0.15, 0.2) is 0 Å². The van der Waals surface area contributed by atoms with E-state index in [1.165, 1.54) is 0 Å². The molecule has 1 amide bonds. The summed E-state index contributed by atoms with van der Waals surface area (Å²) in [5.74, 6) is 0.00162. The van der Waals surface area contributed by atoms with Crippen molar-refractivity contribution in [2.45, 2.75) is 49.8 Å². The molecule has 8 heteroatoms. The Kier molecular flexibility index (Phi) is 6.71. The van der Waals surface area contributed by atoms with Gasteiger partial charge < -0.3 is 11.1 Å². The zero-order valence-electron chi connectivity index (χ0n) is 14.2. The van der Waals surface area contributed by atoms with Crippen LogP contribution < -0.4 is 11.1 Å². The number of piperidine rings is 1. The van der Waals surface area contributed by atoms with Gasteiger partial charge in [-0.25, -0.2) is 12.7 Å². The number of amides is 1. The van der Waals surface area contributed by atoms with Gasteiger partial charge in [0.1, 0.15) is 0 Å². The zero-order chi connectivity index (χ0) is 17.2. The molecular weight excluding hydrogens is 362 g/mol. The fourth-order valence-electron chi connectivity index (χ4n) is 3.14. The summed E-state index contributed by atoms with van der Waals surface area (Å²) in [5.41, 5.74) is 7.58. The minimum absolute atomic E-state index is 0. The lowest BCUT2D eigenvalue weighted by Gasteiger charge is -2.31. The summed E-state index contributed by atoms with van der Waals surface area (Å²) < 4.78 is 26.0. The second kappa shape index (κ2) is 8.38. The van der Waals surface area contributed by atoms with Crippen LogP contribution in [0.1, 0.15) is 37.7 Å². The molecule has 1 heterocycles. The lowest BCUT2D eigenvalue weighted by atomic mass is 10.0. The molecule has 0 spiro atoms. The van der Waals surface area contributed by atoms with E-state index in [0.717, 1.165) is 18.4 Å². The summed E-state index contributed by atoms with van der Waals surface area (Å²) in [4.78, 5) is 12.1. The van der Waals surface area contributed by atoms with Crippen molar-refractivity contribution in [3.05, 3.63) is 29.8 Å². The fraction of sp³-hybridized carbons (Fsp3) is 0.588. The Hall–Kier alpha value is -1.31. The molecule has 2 fully saturated rings. The molecule has 140 valence electrons. The summed E-state index contributed by atoms with van der Waals surface area (Å²) >= 11 is 0. The first-order valence-electron chi connectivity index (χ1n) is 8.58. The SMILES string of the molecule is Cl.Nc1ccccc1CCC(=O)NC1CCN(S(=O)(=O)C2CC2)CC1. The number of sulfonamides is 1. The van der Waals surface area contributed by atoms with E-state index in [2.05, 4.69) is 5.32 Å². The van der Waals surface area contributed by atoms with Gasteiger partial charge in [0.05, 0.1) is 5.25 Å². The maximum atomic E-state index is 12.2. The number of nitrogens with zero attached hydrogens (tertiary/aromatic N) is 1. The van der Waals surface area contributed by atoms with Gasteiger partial charge >= 0.3 is 0 Å². The minimum Gasteiger partial charge on any atom is -0.399 e. The summed E-state index contributed by atoms with van der Waals surface area (Å²) in [6.07, 6.45) is 3.97. The average molecular weight is 388 g/mol. The molecule has 0 atom stereocenters. The van der Waals surface area contributed by atoms with Crippen LogP contribution in [0.15, 0.2) is 24.3 Å². The van der Waals surface area contributed by atoms with Gasteiger partial charge in [-0.2, -0.15) is 0 Å². The number of nitrogen functional groups attached to an aromatic ring is 1. The van der Waals surface area contributed by atoms with Crippen molar-refractivity contribution in [2.75, 3.05) is 18.8 Å². The van der Waals surface area contributed by atoms with E-state index in [1.807, 2.05) is 24.3 Å². The molecule has 25 heavy (non-hydrogen) atoms. The highest BCUT2D eigenvalue weighted by Gasteiger charge is 2.41. The van der Waals surface area contributed by atoms with Crippen LogP contribution in [0, 0.1) is 0 Å². The Balaban J connectivity index is 0.00000225.